The summed E-state index contributed by atoms with van der Waals surface area (Å²) in [4.78, 5) is 39.1. The van der Waals surface area contributed by atoms with Crippen LogP contribution in [0.2, 0.25) is 0 Å². The van der Waals surface area contributed by atoms with Crippen LogP contribution in [-0.4, -0.2) is 94.6 Å². The molecule has 186 valence electrons. The molecule has 2 heterocycles. The summed E-state index contributed by atoms with van der Waals surface area (Å²) in [6, 6.07) is -2.38. The number of guanidine groups is 2. The molecule has 0 aromatic carbocycles. The molecule has 14 nitrogen and oxygen atoms in total. The number of carbonyl (C=O) groups excluding carboxylic acids is 2. The van der Waals surface area contributed by atoms with Gasteiger partial charge in [-0.25, -0.2) is 4.99 Å². The van der Waals surface area contributed by atoms with E-state index in [0.717, 1.165) is 6.42 Å². The van der Waals surface area contributed by atoms with Crippen LogP contribution in [0.3, 0.4) is 0 Å². The number of fused-ring (bicyclic) bond motifs is 1. The quantitative estimate of drug-likeness (QED) is 0.0881. The van der Waals surface area contributed by atoms with E-state index in [-0.39, 0.29) is 30.7 Å². The molecular weight excluding hydrogens is 432 g/mol. The number of hydrogen-bond acceptors (Lipinski definition) is 10. The van der Waals surface area contributed by atoms with Crippen molar-refractivity contribution in [3.63, 3.8) is 0 Å². The van der Waals surface area contributed by atoms with Gasteiger partial charge in [-0.1, -0.05) is 6.42 Å². The average Bonchev–Trinajstić information content (AvgIpc) is 3.10. The van der Waals surface area contributed by atoms with Gasteiger partial charge in [0.1, 0.15) is 11.9 Å². The third kappa shape index (κ3) is 7.71. The minimum absolute atomic E-state index is 0.0160. The van der Waals surface area contributed by atoms with Crippen molar-refractivity contribution in [2.24, 2.45) is 43.6 Å². The van der Waals surface area contributed by atoms with Crippen molar-refractivity contribution in [2.75, 3.05) is 19.6 Å². The Labute approximate surface area is 192 Å². The molecule has 2 amide bonds. The average molecular weight is 469 g/mol. The van der Waals surface area contributed by atoms with Crippen molar-refractivity contribution in [3.05, 3.63) is 0 Å². The number of β-amino-alcohol motifs (C(OH)–C–C–N with tert-alkyl or cyclic N) is 1. The summed E-state index contributed by atoms with van der Waals surface area (Å²) >= 11 is 0. The Morgan fingerprint density at radius 1 is 1.12 bits per heavy atom. The van der Waals surface area contributed by atoms with E-state index in [1.54, 1.807) is 0 Å². The van der Waals surface area contributed by atoms with Crippen LogP contribution >= 0.6 is 0 Å². The maximum absolute atomic E-state index is 13.0. The van der Waals surface area contributed by atoms with Gasteiger partial charge in [0.2, 0.25) is 17.8 Å². The lowest BCUT2D eigenvalue weighted by Gasteiger charge is -2.26. The molecule has 3 unspecified atom stereocenters. The Balaban J connectivity index is 2.07. The van der Waals surface area contributed by atoms with Gasteiger partial charge in [0, 0.05) is 13.0 Å². The maximum atomic E-state index is 13.0. The lowest BCUT2D eigenvalue weighted by atomic mass is 10.1. The molecule has 2 aliphatic heterocycles. The summed E-state index contributed by atoms with van der Waals surface area (Å²) in [5, 5.41) is 23.0. The van der Waals surface area contributed by atoms with Crippen molar-refractivity contribution < 1.29 is 19.8 Å². The van der Waals surface area contributed by atoms with E-state index in [4.69, 9.17) is 28.7 Å². The number of nitrogens with one attached hydrogen (secondary N) is 1. The first-order valence-corrected chi connectivity index (χ1v) is 11.0. The largest absolute Gasteiger partial charge is 0.390 e. The number of likely N-dealkylation sites (tertiary alicyclic amines) is 1. The monoisotopic (exact) mass is 468 g/mol. The number of hydrogen-bond donors (Lipinski definition) is 8. The normalized spacial score (nSPS) is 24.2. The molecule has 14 heteroatoms. The molecule has 1 fully saturated rings. The summed E-state index contributed by atoms with van der Waals surface area (Å²) < 4.78 is 0. The fourth-order valence-electron chi connectivity index (χ4n) is 3.55. The molecule has 0 aromatic heterocycles. The SMILES string of the molecule is NCCCC[C@H](N)C(=O)N1CC(O)C(O)CC2N=C(NC(=O)[C@@H](N)CCCN=C(N)N)N=C21. The van der Waals surface area contributed by atoms with E-state index in [9.17, 15) is 19.8 Å². The smallest absolute Gasteiger partial charge is 0.244 e. The first-order chi connectivity index (χ1) is 15.6. The second-order valence-electron chi connectivity index (χ2n) is 8.19. The zero-order valence-corrected chi connectivity index (χ0v) is 18.6. The summed E-state index contributed by atoms with van der Waals surface area (Å²) in [6.45, 7) is 0.663. The lowest BCUT2D eigenvalue weighted by molar-refractivity contribution is -0.130. The number of aliphatic imine (C=N–C) groups is 3. The Kier molecular flexibility index (Phi) is 10.1. The van der Waals surface area contributed by atoms with Crippen molar-refractivity contribution in [3.8, 4) is 0 Å². The number of unbranched alkanes of at least 4 members (excludes halogenated alkanes) is 1. The summed E-state index contributed by atoms with van der Waals surface area (Å²) in [6.07, 6.45) is 0.411. The highest BCUT2D eigenvalue weighted by Gasteiger charge is 2.40. The van der Waals surface area contributed by atoms with Crippen LogP contribution < -0.4 is 34.0 Å². The first-order valence-electron chi connectivity index (χ1n) is 11.0. The molecule has 13 N–H and O–H groups in total. The number of nitrogens with two attached hydrogens (primary N) is 5. The van der Waals surface area contributed by atoms with E-state index in [2.05, 4.69) is 20.3 Å². The van der Waals surface area contributed by atoms with Gasteiger partial charge in [-0.3, -0.25) is 24.8 Å². The van der Waals surface area contributed by atoms with Gasteiger partial charge in [0.05, 0.1) is 30.8 Å². The third-order valence-electron chi connectivity index (χ3n) is 5.44. The minimum Gasteiger partial charge on any atom is -0.390 e. The summed E-state index contributed by atoms with van der Waals surface area (Å²) in [5.41, 5.74) is 28.0. The van der Waals surface area contributed by atoms with Crippen molar-refractivity contribution in [2.45, 2.75) is 68.9 Å². The molecule has 2 aliphatic rings. The zero-order chi connectivity index (χ0) is 24.5. The Hall–Kier alpha value is -2.65. The van der Waals surface area contributed by atoms with E-state index < -0.39 is 42.1 Å². The van der Waals surface area contributed by atoms with Gasteiger partial charge >= 0.3 is 0 Å². The Bertz CT molecular complexity index is 783. The van der Waals surface area contributed by atoms with Crippen LogP contribution in [0.1, 0.15) is 38.5 Å². The molecule has 0 spiro atoms. The molecule has 2 rings (SSSR count). The number of amidine groups is 1. The van der Waals surface area contributed by atoms with Crippen molar-refractivity contribution >= 4 is 29.6 Å². The van der Waals surface area contributed by atoms with Gasteiger partial charge in [0.25, 0.3) is 0 Å². The van der Waals surface area contributed by atoms with E-state index in [1.165, 1.54) is 4.90 Å². The Morgan fingerprint density at radius 3 is 2.48 bits per heavy atom. The number of aliphatic hydroxyl groups excluding tert-OH is 2. The highest BCUT2D eigenvalue weighted by molar-refractivity contribution is 6.13. The highest BCUT2D eigenvalue weighted by atomic mass is 16.3. The number of aliphatic hydroxyl groups is 2. The van der Waals surface area contributed by atoms with Crippen LogP contribution in [0.15, 0.2) is 15.0 Å². The van der Waals surface area contributed by atoms with Crippen LogP contribution in [-0.2, 0) is 9.59 Å². The van der Waals surface area contributed by atoms with Crippen LogP contribution in [0.5, 0.6) is 0 Å². The highest BCUT2D eigenvalue weighted by Crippen LogP contribution is 2.22. The van der Waals surface area contributed by atoms with Gasteiger partial charge in [0.15, 0.2) is 5.96 Å². The molecule has 1 saturated heterocycles. The number of carbonyl (C=O) groups is 2. The summed E-state index contributed by atoms with van der Waals surface area (Å²) in [5.74, 6) is -0.771. The maximum Gasteiger partial charge on any atom is 0.244 e. The van der Waals surface area contributed by atoms with Crippen LogP contribution in [0, 0.1) is 0 Å². The molecule has 33 heavy (non-hydrogen) atoms. The molecule has 0 aliphatic carbocycles. The van der Waals surface area contributed by atoms with Crippen molar-refractivity contribution in [1.29, 1.82) is 0 Å². The van der Waals surface area contributed by atoms with Crippen molar-refractivity contribution in [1.82, 2.24) is 10.2 Å². The third-order valence-corrected chi connectivity index (χ3v) is 5.44. The van der Waals surface area contributed by atoms with Gasteiger partial charge in [-0.15, -0.1) is 0 Å². The minimum atomic E-state index is -1.18. The van der Waals surface area contributed by atoms with E-state index in [0.29, 0.717) is 38.8 Å². The standard InChI is InChI=1S/C19H36N10O4/c20-6-2-1-4-11(22)17(33)29-9-14(31)13(30)8-12-15(29)27-19(26-12)28-16(32)10(21)5-3-7-25-18(23)24/h10-14,30-31H,1-9,20-22H2,(H4,23,24,25)(H,26,28,32)/t10-,11-,12?,13?,14?/m0/s1. The van der Waals surface area contributed by atoms with E-state index >= 15 is 0 Å². The van der Waals surface area contributed by atoms with Gasteiger partial charge in [-0.05, 0) is 32.2 Å². The predicted octanol–water partition coefficient (Wildman–Crippen LogP) is -3.97. The van der Waals surface area contributed by atoms with Crippen LogP contribution in [0.25, 0.3) is 0 Å². The summed E-state index contributed by atoms with van der Waals surface area (Å²) in [7, 11) is 0. The first kappa shape index (κ1) is 26.6. The molecule has 0 saturated carbocycles. The molecule has 0 bridgehead atoms. The lowest BCUT2D eigenvalue weighted by Crippen LogP contribution is -2.50. The molecule has 0 aromatic rings. The molecule has 0 radical (unpaired) electrons. The molecule has 5 atom stereocenters. The second kappa shape index (κ2) is 12.6. The van der Waals surface area contributed by atoms with Crippen LogP contribution in [0.4, 0.5) is 0 Å². The zero-order valence-electron chi connectivity index (χ0n) is 18.6. The van der Waals surface area contributed by atoms with Gasteiger partial charge < -0.3 is 38.9 Å². The van der Waals surface area contributed by atoms with Gasteiger partial charge in [-0.2, -0.15) is 4.99 Å². The molecular formula is C19H36N10O4. The fraction of sp³-hybridized carbons (Fsp3) is 0.737. The number of nitrogens with zero attached hydrogens (tertiary/aromatic N) is 4. The predicted molar refractivity (Wildman–Crippen MR) is 124 cm³/mol. The Morgan fingerprint density at radius 2 is 1.82 bits per heavy atom. The fourth-order valence-corrected chi connectivity index (χ4v) is 3.55. The number of rotatable bonds is 10. The topological polar surface area (TPSA) is 257 Å². The van der Waals surface area contributed by atoms with E-state index in [1.807, 2.05) is 0 Å². The second-order valence-corrected chi connectivity index (χ2v) is 8.19. The number of amides is 2.